The van der Waals surface area contributed by atoms with Gasteiger partial charge in [0.15, 0.2) is 0 Å². The van der Waals surface area contributed by atoms with Crippen molar-refractivity contribution in [3.05, 3.63) is 90.0 Å². The van der Waals surface area contributed by atoms with E-state index in [9.17, 15) is 14.4 Å². The highest BCUT2D eigenvalue weighted by Crippen LogP contribution is 2.15. The molecule has 0 saturated heterocycles. The molecule has 32 heavy (non-hydrogen) atoms. The fourth-order valence-electron chi connectivity index (χ4n) is 2.99. The standard InChI is InChI=1S/C25H25N3O4/c1-32-25(31)19-8-10-20(11-9-19)26-17-24(30)28-22-14-12-21(13-15-22)27-23(29)16-7-18-5-3-2-4-6-18/h2-6,8-15,26H,7,16-17H2,1H3,(H,27,29)(H,28,30). The molecule has 0 saturated carbocycles. The lowest BCUT2D eigenvalue weighted by atomic mass is 10.1. The van der Waals surface area contributed by atoms with E-state index in [-0.39, 0.29) is 18.4 Å². The Kier molecular flexibility index (Phi) is 7.97. The molecule has 3 rings (SSSR count). The van der Waals surface area contributed by atoms with Crippen LogP contribution < -0.4 is 16.0 Å². The van der Waals surface area contributed by atoms with Crippen LogP contribution in [0.15, 0.2) is 78.9 Å². The van der Waals surface area contributed by atoms with Crippen molar-refractivity contribution in [2.75, 3.05) is 29.6 Å². The Balaban J connectivity index is 1.42. The molecular formula is C25H25N3O4. The third kappa shape index (κ3) is 6.98. The van der Waals surface area contributed by atoms with E-state index in [0.29, 0.717) is 35.5 Å². The lowest BCUT2D eigenvalue weighted by molar-refractivity contribution is -0.116. The van der Waals surface area contributed by atoms with Gasteiger partial charge in [-0.3, -0.25) is 9.59 Å². The third-order valence-corrected chi connectivity index (χ3v) is 4.70. The minimum absolute atomic E-state index is 0.0620. The van der Waals surface area contributed by atoms with Crippen molar-refractivity contribution in [3.8, 4) is 0 Å². The summed E-state index contributed by atoms with van der Waals surface area (Å²) in [6.07, 6.45) is 1.08. The summed E-state index contributed by atoms with van der Waals surface area (Å²) in [4.78, 5) is 35.7. The van der Waals surface area contributed by atoms with Gasteiger partial charge in [-0.2, -0.15) is 0 Å². The summed E-state index contributed by atoms with van der Waals surface area (Å²) in [6, 6.07) is 23.5. The van der Waals surface area contributed by atoms with Gasteiger partial charge in [-0.05, 0) is 60.5 Å². The lowest BCUT2D eigenvalue weighted by Crippen LogP contribution is -2.21. The molecule has 0 aliphatic rings. The molecule has 0 aliphatic carbocycles. The zero-order valence-corrected chi connectivity index (χ0v) is 17.8. The van der Waals surface area contributed by atoms with E-state index in [2.05, 4.69) is 20.7 Å². The first-order valence-corrected chi connectivity index (χ1v) is 10.2. The summed E-state index contributed by atoms with van der Waals surface area (Å²) < 4.78 is 4.65. The highest BCUT2D eigenvalue weighted by molar-refractivity contribution is 5.95. The van der Waals surface area contributed by atoms with Gasteiger partial charge in [-0.25, -0.2) is 4.79 Å². The van der Waals surface area contributed by atoms with Crippen molar-refractivity contribution in [1.82, 2.24) is 0 Å². The van der Waals surface area contributed by atoms with Crippen molar-refractivity contribution >= 4 is 34.8 Å². The molecule has 3 aromatic rings. The maximum Gasteiger partial charge on any atom is 0.337 e. The SMILES string of the molecule is COC(=O)c1ccc(NCC(=O)Nc2ccc(NC(=O)CCc3ccccc3)cc2)cc1. The number of rotatable bonds is 9. The fourth-order valence-corrected chi connectivity index (χ4v) is 2.99. The fraction of sp³-hybridized carbons (Fsp3) is 0.160. The van der Waals surface area contributed by atoms with Gasteiger partial charge >= 0.3 is 5.97 Å². The van der Waals surface area contributed by atoms with E-state index in [1.54, 1.807) is 48.5 Å². The Hall–Kier alpha value is -4.13. The number of methoxy groups -OCH3 is 1. The minimum Gasteiger partial charge on any atom is -0.465 e. The van der Waals surface area contributed by atoms with Crippen LogP contribution in [0.3, 0.4) is 0 Å². The summed E-state index contributed by atoms with van der Waals surface area (Å²) in [5, 5.41) is 8.64. The van der Waals surface area contributed by atoms with E-state index in [0.717, 1.165) is 5.56 Å². The summed E-state index contributed by atoms with van der Waals surface area (Å²) in [5.74, 6) is -0.695. The molecule has 0 unspecified atom stereocenters. The highest BCUT2D eigenvalue weighted by atomic mass is 16.5. The van der Waals surface area contributed by atoms with Crippen molar-refractivity contribution in [3.63, 3.8) is 0 Å². The molecule has 164 valence electrons. The van der Waals surface area contributed by atoms with Crippen molar-refractivity contribution in [1.29, 1.82) is 0 Å². The van der Waals surface area contributed by atoms with E-state index < -0.39 is 5.97 Å². The number of carbonyl (C=O) groups excluding carboxylic acids is 3. The summed E-state index contributed by atoms with van der Waals surface area (Å²) in [7, 11) is 1.32. The first-order valence-electron chi connectivity index (χ1n) is 10.2. The van der Waals surface area contributed by atoms with Gasteiger partial charge in [-0.15, -0.1) is 0 Å². The molecule has 3 aromatic carbocycles. The number of benzene rings is 3. The molecule has 0 radical (unpaired) electrons. The zero-order valence-electron chi connectivity index (χ0n) is 17.8. The Bertz CT molecular complexity index is 1050. The number of anilines is 3. The smallest absolute Gasteiger partial charge is 0.337 e. The quantitative estimate of drug-likeness (QED) is 0.444. The maximum atomic E-state index is 12.2. The molecular weight excluding hydrogens is 406 g/mol. The number of carbonyl (C=O) groups is 3. The van der Waals surface area contributed by atoms with Gasteiger partial charge in [0.2, 0.25) is 11.8 Å². The normalized spacial score (nSPS) is 10.2. The Morgan fingerprint density at radius 3 is 1.88 bits per heavy atom. The van der Waals surface area contributed by atoms with Crippen LogP contribution in [0.4, 0.5) is 17.1 Å². The van der Waals surface area contributed by atoms with E-state index in [4.69, 9.17) is 0 Å². The predicted molar refractivity (Wildman–Crippen MR) is 125 cm³/mol. The summed E-state index contributed by atoms with van der Waals surface area (Å²) in [5.41, 5.74) is 3.56. The van der Waals surface area contributed by atoms with Crippen molar-refractivity contribution in [2.45, 2.75) is 12.8 Å². The molecule has 0 bridgehead atoms. The molecule has 0 heterocycles. The highest BCUT2D eigenvalue weighted by Gasteiger charge is 2.07. The summed E-state index contributed by atoms with van der Waals surface area (Å²) in [6.45, 7) is 0.0650. The Morgan fingerprint density at radius 1 is 0.719 bits per heavy atom. The predicted octanol–water partition coefficient (Wildman–Crippen LogP) is 4.10. The minimum atomic E-state index is -0.412. The van der Waals surface area contributed by atoms with E-state index >= 15 is 0 Å². The van der Waals surface area contributed by atoms with Crippen LogP contribution in [0.5, 0.6) is 0 Å². The van der Waals surface area contributed by atoms with Crippen LogP contribution in [0.25, 0.3) is 0 Å². The second-order valence-electron chi connectivity index (χ2n) is 7.08. The lowest BCUT2D eigenvalue weighted by Gasteiger charge is -2.10. The number of hydrogen-bond acceptors (Lipinski definition) is 5. The molecule has 0 atom stereocenters. The van der Waals surface area contributed by atoms with Crippen LogP contribution in [-0.2, 0) is 20.7 Å². The monoisotopic (exact) mass is 431 g/mol. The van der Waals surface area contributed by atoms with E-state index in [1.807, 2.05) is 30.3 Å². The molecule has 0 spiro atoms. The molecule has 7 nitrogen and oxygen atoms in total. The topological polar surface area (TPSA) is 96.5 Å². The number of nitrogens with one attached hydrogen (secondary N) is 3. The number of ether oxygens (including phenoxy) is 1. The van der Waals surface area contributed by atoms with Gasteiger partial charge in [0, 0.05) is 23.5 Å². The Morgan fingerprint density at radius 2 is 1.28 bits per heavy atom. The molecule has 0 aliphatic heterocycles. The largest absolute Gasteiger partial charge is 0.465 e. The molecule has 0 fully saturated rings. The maximum absolute atomic E-state index is 12.2. The summed E-state index contributed by atoms with van der Waals surface area (Å²) >= 11 is 0. The Labute approximate surface area is 186 Å². The van der Waals surface area contributed by atoms with Gasteiger partial charge in [0.25, 0.3) is 0 Å². The second-order valence-corrected chi connectivity index (χ2v) is 7.08. The second kappa shape index (κ2) is 11.3. The van der Waals surface area contributed by atoms with Crippen LogP contribution >= 0.6 is 0 Å². The molecule has 0 aromatic heterocycles. The number of esters is 1. The molecule has 3 N–H and O–H groups in total. The first-order chi connectivity index (χ1) is 15.5. The van der Waals surface area contributed by atoms with E-state index in [1.165, 1.54) is 7.11 Å². The zero-order chi connectivity index (χ0) is 22.8. The van der Waals surface area contributed by atoms with Crippen LogP contribution in [0, 0.1) is 0 Å². The number of amides is 2. The van der Waals surface area contributed by atoms with Crippen molar-refractivity contribution in [2.24, 2.45) is 0 Å². The average molecular weight is 431 g/mol. The average Bonchev–Trinajstić information content (AvgIpc) is 2.83. The van der Waals surface area contributed by atoms with Gasteiger partial charge in [0.1, 0.15) is 0 Å². The number of hydrogen-bond donors (Lipinski definition) is 3. The first kappa shape index (κ1) is 22.6. The third-order valence-electron chi connectivity index (χ3n) is 4.70. The molecule has 2 amide bonds. The van der Waals surface area contributed by atoms with Gasteiger partial charge < -0.3 is 20.7 Å². The van der Waals surface area contributed by atoms with Crippen LogP contribution in [0.2, 0.25) is 0 Å². The number of aryl methyl sites for hydroxylation is 1. The van der Waals surface area contributed by atoms with Crippen LogP contribution in [0.1, 0.15) is 22.3 Å². The van der Waals surface area contributed by atoms with Gasteiger partial charge in [-0.1, -0.05) is 30.3 Å². The van der Waals surface area contributed by atoms with Crippen molar-refractivity contribution < 1.29 is 19.1 Å². The van der Waals surface area contributed by atoms with Gasteiger partial charge in [0.05, 0.1) is 19.2 Å². The molecule has 7 heteroatoms. The van der Waals surface area contributed by atoms with Crippen LogP contribution in [-0.4, -0.2) is 31.4 Å².